The molecule has 8 heteroatoms. The fraction of sp³-hybridized carbons (Fsp3) is 0.692. The van der Waals surface area contributed by atoms with E-state index in [4.69, 9.17) is 9.84 Å². The van der Waals surface area contributed by atoms with Gasteiger partial charge in [0.2, 0.25) is 10.0 Å². The van der Waals surface area contributed by atoms with Crippen molar-refractivity contribution in [2.75, 3.05) is 32.8 Å². The highest BCUT2D eigenvalue weighted by molar-refractivity contribution is 7.89. The molecule has 120 valence electrons. The molecule has 1 saturated heterocycles. The SMILES string of the molecule is CC(CN1CCOCC1)NS(=O)(=O)c1cc(CO)n(C)c1. The van der Waals surface area contributed by atoms with Gasteiger partial charge in [0, 0.05) is 44.6 Å². The minimum Gasteiger partial charge on any atom is -0.390 e. The summed E-state index contributed by atoms with van der Waals surface area (Å²) in [6.45, 7) is 5.36. The van der Waals surface area contributed by atoms with Gasteiger partial charge >= 0.3 is 0 Å². The highest BCUT2D eigenvalue weighted by Gasteiger charge is 2.22. The van der Waals surface area contributed by atoms with Crippen LogP contribution in [0.2, 0.25) is 0 Å². The number of nitrogens with zero attached hydrogens (tertiary/aromatic N) is 2. The zero-order valence-electron chi connectivity index (χ0n) is 12.4. The third-order valence-electron chi connectivity index (χ3n) is 3.55. The summed E-state index contributed by atoms with van der Waals surface area (Å²) in [4.78, 5) is 2.36. The van der Waals surface area contributed by atoms with Crippen molar-refractivity contribution < 1.29 is 18.3 Å². The van der Waals surface area contributed by atoms with Gasteiger partial charge in [-0.2, -0.15) is 0 Å². The van der Waals surface area contributed by atoms with Crippen LogP contribution in [0, 0.1) is 0 Å². The van der Waals surface area contributed by atoms with Crippen molar-refractivity contribution in [3.63, 3.8) is 0 Å². The molecule has 1 aromatic heterocycles. The molecule has 7 nitrogen and oxygen atoms in total. The number of hydrogen-bond acceptors (Lipinski definition) is 5. The molecule has 1 aliphatic heterocycles. The third-order valence-corrected chi connectivity index (χ3v) is 5.10. The van der Waals surface area contributed by atoms with Gasteiger partial charge in [-0.05, 0) is 13.0 Å². The lowest BCUT2D eigenvalue weighted by Crippen LogP contribution is -2.45. The molecule has 2 rings (SSSR count). The van der Waals surface area contributed by atoms with E-state index in [1.807, 2.05) is 6.92 Å². The van der Waals surface area contributed by atoms with Crippen LogP contribution in [0.4, 0.5) is 0 Å². The molecule has 1 aliphatic rings. The number of hydrogen-bond donors (Lipinski definition) is 2. The largest absolute Gasteiger partial charge is 0.390 e. The number of aryl methyl sites for hydroxylation is 1. The van der Waals surface area contributed by atoms with Crippen LogP contribution in [-0.4, -0.2) is 61.9 Å². The minimum atomic E-state index is -3.56. The summed E-state index contributed by atoms with van der Waals surface area (Å²) < 4.78 is 34.2. The van der Waals surface area contributed by atoms with Gasteiger partial charge in [-0.1, -0.05) is 0 Å². The maximum Gasteiger partial charge on any atom is 0.242 e. The highest BCUT2D eigenvalue weighted by Crippen LogP contribution is 2.14. The molecule has 0 amide bonds. The van der Waals surface area contributed by atoms with E-state index >= 15 is 0 Å². The highest BCUT2D eigenvalue weighted by atomic mass is 32.2. The molecular formula is C13H23N3O4S. The summed E-state index contributed by atoms with van der Waals surface area (Å²) in [6.07, 6.45) is 1.51. The van der Waals surface area contributed by atoms with Gasteiger partial charge in [0.05, 0.1) is 24.7 Å². The zero-order valence-corrected chi connectivity index (χ0v) is 13.3. The molecule has 1 fully saturated rings. The molecule has 21 heavy (non-hydrogen) atoms. The Kier molecular flexibility index (Phi) is 5.39. The van der Waals surface area contributed by atoms with Gasteiger partial charge in [0.15, 0.2) is 0 Å². The van der Waals surface area contributed by atoms with Crippen molar-refractivity contribution >= 4 is 10.0 Å². The predicted molar refractivity (Wildman–Crippen MR) is 78.4 cm³/mol. The number of sulfonamides is 1. The Morgan fingerprint density at radius 3 is 2.67 bits per heavy atom. The van der Waals surface area contributed by atoms with Gasteiger partial charge in [0.1, 0.15) is 0 Å². The van der Waals surface area contributed by atoms with Crippen LogP contribution in [0.5, 0.6) is 0 Å². The number of aromatic nitrogens is 1. The summed E-state index contributed by atoms with van der Waals surface area (Å²) >= 11 is 0. The quantitative estimate of drug-likeness (QED) is 0.740. The first-order valence-electron chi connectivity index (χ1n) is 7.01. The minimum absolute atomic E-state index is 0.183. The summed E-state index contributed by atoms with van der Waals surface area (Å²) in [5, 5.41) is 9.14. The standard InChI is InChI=1S/C13H23N3O4S/c1-11(8-16-3-5-20-6-4-16)14-21(18,19)13-7-12(10-17)15(2)9-13/h7,9,11,14,17H,3-6,8,10H2,1-2H3. The van der Waals surface area contributed by atoms with Crippen LogP contribution in [0.25, 0.3) is 0 Å². The Morgan fingerprint density at radius 1 is 1.43 bits per heavy atom. The molecular weight excluding hydrogens is 294 g/mol. The predicted octanol–water partition coefficient (Wildman–Crippen LogP) is -0.484. The van der Waals surface area contributed by atoms with Gasteiger partial charge in [-0.15, -0.1) is 0 Å². The molecule has 2 N–H and O–H groups in total. The fourth-order valence-electron chi connectivity index (χ4n) is 2.42. The van der Waals surface area contributed by atoms with E-state index in [0.29, 0.717) is 25.5 Å². The van der Waals surface area contributed by atoms with Crippen LogP contribution in [-0.2, 0) is 28.4 Å². The molecule has 0 aliphatic carbocycles. The lowest BCUT2D eigenvalue weighted by molar-refractivity contribution is 0.0354. The van der Waals surface area contributed by atoms with Crippen molar-refractivity contribution in [3.05, 3.63) is 18.0 Å². The number of nitrogens with one attached hydrogen (secondary N) is 1. The third kappa shape index (κ3) is 4.27. The molecule has 1 aromatic rings. The van der Waals surface area contributed by atoms with Crippen molar-refractivity contribution in [1.82, 2.24) is 14.2 Å². The van der Waals surface area contributed by atoms with Crippen LogP contribution < -0.4 is 4.72 Å². The van der Waals surface area contributed by atoms with E-state index in [1.165, 1.54) is 12.3 Å². The smallest absolute Gasteiger partial charge is 0.242 e. The van der Waals surface area contributed by atoms with E-state index in [2.05, 4.69) is 9.62 Å². The molecule has 0 spiro atoms. The first kappa shape index (κ1) is 16.4. The monoisotopic (exact) mass is 317 g/mol. The number of rotatable bonds is 6. The summed E-state index contributed by atoms with van der Waals surface area (Å²) in [7, 11) is -1.85. The Bertz CT molecular complexity index is 564. The number of ether oxygens (including phenoxy) is 1. The van der Waals surface area contributed by atoms with Crippen LogP contribution in [0.1, 0.15) is 12.6 Å². The molecule has 2 heterocycles. The van der Waals surface area contributed by atoms with Crippen molar-refractivity contribution in [1.29, 1.82) is 0 Å². The van der Waals surface area contributed by atoms with Crippen LogP contribution in [0.3, 0.4) is 0 Å². The first-order chi connectivity index (χ1) is 9.92. The van der Waals surface area contributed by atoms with E-state index in [0.717, 1.165) is 13.1 Å². The maximum absolute atomic E-state index is 12.3. The normalized spacial score (nSPS) is 18.8. The zero-order chi connectivity index (χ0) is 15.5. The summed E-state index contributed by atoms with van der Waals surface area (Å²) in [6, 6.07) is 1.30. The van der Waals surface area contributed by atoms with E-state index in [9.17, 15) is 8.42 Å². The average Bonchev–Trinajstić information content (AvgIpc) is 2.81. The van der Waals surface area contributed by atoms with Crippen molar-refractivity contribution in [2.24, 2.45) is 7.05 Å². The lowest BCUT2D eigenvalue weighted by Gasteiger charge is -2.29. The van der Waals surface area contributed by atoms with Gasteiger partial charge in [-0.25, -0.2) is 13.1 Å². The van der Waals surface area contributed by atoms with Gasteiger partial charge < -0.3 is 14.4 Å². The lowest BCUT2D eigenvalue weighted by atomic mass is 10.3. The molecule has 1 atom stereocenters. The molecule has 0 saturated carbocycles. The number of aliphatic hydroxyl groups is 1. The number of morpholine rings is 1. The Hall–Kier alpha value is -0.930. The van der Waals surface area contributed by atoms with E-state index in [1.54, 1.807) is 11.6 Å². The van der Waals surface area contributed by atoms with E-state index < -0.39 is 10.0 Å². The van der Waals surface area contributed by atoms with Crippen molar-refractivity contribution in [3.8, 4) is 0 Å². The summed E-state index contributed by atoms with van der Waals surface area (Å²) in [5.41, 5.74) is 0.566. The maximum atomic E-state index is 12.3. The van der Waals surface area contributed by atoms with E-state index in [-0.39, 0.29) is 17.5 Å². The second kappa shape index (κ2) is 6.89. The molecule has 0 radical (unpaired) electrons. The second-order valence-corrected chi connectivity index (χ2v) is 7.09. The van der Waals surface area contributed by atoms with Crippen molar-refractivity contribution in [2.45, 2.75) is 24.5 Å². The average molecular weight is 317 g/mol. The Morgan fingerprint density at radius 2 is 2.10 bits per heavy atom. The van der Waals surface area contributed by atoms with Gasteiger partial charge in [-0.3, -0.25) is 4.90 Å². The summed E-state index contributed by atoms with van der Waals surface area (Å²) in [5.74, 6) is 0. The fourth-order valence-corrected chi connectivity index (χ4v) is 3.75. The second-order valence-electron chi connectivity index (χ2n) is 5.37. The molecule has 1 unspecified atom stereocenters. The number of aliphatic hydroxyl groups excluding tert-OH is 1. The van der Waals surface area contributed by atoms with Gasteiger partial charge in [0.25, 0.3) is 0 Å². The molecule has 0 aromatic carbocycles. The van der Waals surface area contributed by atoms with Crippen LogP contribution in [0.15, 0.2) is 17.2 Å². The molecule has 0 bridgehead atoms. The first-order valence-corrected chi connectivity index (χ1v) is 8.49. The Balaban J connectivity index is 1.98. The van der Waals surface area contributed by atoms with Crippen LogP contribution >= 0.6 is 0 Å². The topological polar surface area (TPSA) is 83.8 Å². The Labute approximate surface area is 125 Å².